The predicted molar refractivity (Wildman–Crippen MR) is 78.0 cm³/mol. The Labute approximate surface area is 120 Å². The zero-order chi connectivity index (χ0) is 13.1. The molecule has 3 nitrogen and oxygen atoms in total. The molecule has 1 atom stereocenters. The molecule has 1 N–H and O–H groups in total. The van der Waals surface area contributed by atoms with E-state index in [1.54, 1.807) is 6.20 Å². The highest BCUT2D eigenvalue weighted by atomic mass is 79.9. The summed E-state index contributed by atoms with van der Waals surface area (Å²) in [6.45, 7) is 2.86. The van der Waals surface area contributed by atoms with Crippen LogP contribution in [0.2, 0.25) is 5.02 Å². The SMILES string of the molecule is CCn1ncc(Cl)c1C(NC)c1cccc(Br)c1. The molecule has 0 aliphatic heterocycles. The smallest absolute Gasteiger partial charge is 0.0837 e. The van der Waals surface area contributed by atoms with Gasteiger partial charge in [-0.15, -0.1) is 0 Å². The molecule has 0 radical (unpaired) electrons. The minimum absolute atomic E-state index is 0.0393. The molecule has 18 heavy (non-hydrogen) atoms. The molecule has 1 heterocycles. The maximum atomic E-state index is 6.25. The summed E-state index contributed by atoms with van der Waals surface area (Å²) in [4.78, 5) is 0. The van der Waals surface area contributed by atoms with E-state index in [0.29, 0.717) is 5.02 Å². The number of halogens is 2. The lowest BCUT2D eigenvalue weighted by Crippen LogP contribution is -2.21. The van der Waals surface area contributed by atoms with Crippen LogP contribution in [0.5, 0.6) is 0 Å². The van der Waals surface area contributed by atoms with Crippen molar-refractivity contribution in [3.05, 3.63) is 51.2 Å². The van der Waals surface area contributed by atoms with Crippen molar-refractivity contribution in [1.82, 2.24) is 15.1 Å². The van der Waals surface area contributed by atoms with Gasteiger partial charge in [0.05, 0.1) is 23.0 Å². The monoisotopic (exact) mass is 327 g/mol. The molecule has 0 saturated carbocycles. The molecule has 1 aromatic heterocycles. The summed E-state index contributed by atoms with van der Waals surface area (Å²) < 4.78 is 2.98. The van der Waals surface area contributed by atoms with Crippen molar-refractivity contribution in [3.8, 4) is 0 Å². The molecular formula is C13H15BrClN3. The van der Waals surface area contributed by atoms with Crippen molar-refractivity contribution in [2.24, 2.45) is 0 Å². The molecule has 0 saturated heterocycles. The molecule has 0 bridgehead atoms. The first-order valence-corrected chi connectivity index (χ1v) is 6.98. The van der Waals surface area contributed by atoms with Crippen LogP contribution in [-0.2, 0) is 6.54 Å². The van der Waals surface area contributed by atoms with Crippen molar-refractivity contribution in [2.45, 2.75) is 19.5 Å². The molecule has 2 rings (SSSR count). The third-order valence-electron chi connectivity index (χ3n) is 2.88. The Hall–Kier alpha value is -0.840. The number of nitrogens with one attached hydrogen (secondary N) is 1. The van der Waals surface area contributed by atoms with Crippen LogP contribution in [0.15, 0.2) is 34.9 Å². The quantitative estimate of drug-likeness (QED) is 0.929. The van der Waals surface area contributed by atoms with Crippen LogP contribution in [0.25, 0.3) is 0 Å². The highest BCUT2D eigenvalue weighted by molar-refractivity contribution is 9.10. The molecular weight excluding hydrogens is 314 g/mol. The lowest BCUT2D eigenvalue weighted by molar-refractivity contribution is 0.563. The Bertz CT molecular complexity index is 539. The molecule has 0 amide bonds. The van der Waals surface area contributed by atoms with E-state index in [-0.39, 0.29) is 6.04 Å². The normalized spacial score (nSPS) is 12.7. The Morgan fingerprint density at radius 3 is 2.89 bits per heavy atom. The van der Waals surface area contributed by atoms with E-state index in [2.05, 4.69) is 45.4 Å². The Balaban J connectivity index is 2.48. The molecule has 1 aromatic carbocycles. The minimum atomic E-state index is 0.0393. The van der Waals surface area contributed by atoms with Gasteiger partial charge in [-0.2, -0.15) is 5.10 Å². The molecule has 0 fully saturated rings. The number of aryl methyl sites for hydroxylation is 1. The van der Waals surface area contributed by atoms with Gasteiger partial charge in [-0.3, -0.25) is 4.68 Å². The Kier molecular flexibility index (Phi) is 4.43. The van der Waals surface area contributed by atoms with Gasteiger partial charge in [0.15, 0.2) is 0 Å². The van der Waals surface area contributed by atoms with E-state index in [9.17, 15) is 0 Å². The van der Waals surface area contributed by atoms with Crippen molar-refractivity contribution in [3.63, 3.8) is 0 Å². The fraction of sp³-hybridized carbons (Fsp3) is 0.308. The fourth-order valence-corrected chi connectivity index (χ4v) is 2.73. The predicted octanol–water partition coefficient (Wildman–Crippen LogP) is 3.63. The van der Waals surface area contributed by atoms with E-state index < -0.39 is 0 Å². The molecule has 0 aliphatic carbocycles. The van der Waals surface area contributed by atoms with Crippen LogP contribution in [0.4, 0.5) is 0 Å². The summed E-state index contributed by atoms with van der Waals surface area (Å²) in [6.07, 6.45) is 1.70. The lowest BCUT2D eigenvalue weighted by atomic mass is 10.0. The summed E-state index contributed by atoms with van der Waals surface area (Å²) >= 11 is 9.75. The van der Waals surface area contributed by atoms with Gasteiger partial charge in [0.2, 0.25) is 0 Å². The fourth-order valence-electron chi connectivity index (χ4n) is 2.06. The molecule has 2 aromatic rings. The molecule has 0 aliphatic rings. The zero-order valence-electron chi connectivity index (χ0n) is 10.3. The van der Waals surface area contributed by atoms with Crippen LogP contribution in [-0.4, -0.2) is 16.8 Å². The lowest BCUT2D eigenvalue weighted by Gasteiger charge is -2.19. The highest BCUT2D eigenvalue weighted by Crippen LogP contribution is 2.29. The number of hydrogen-bond acceptors (Lipinski definition) is 2. The van der Waals surface area contributed by atoms with Crippen molar-refractivity contribution < 1.29 is 0 Å². The van der Waals surface area contributed by atoms with E-state index in [0.717, 1.165) is 22.3 Å². The number of aromatic nitrogens is 2. The van der Waals surface area contributed by atoms with E-state index in [4.69, 9.17) is 11.6 Å². The summed E-state index contributed by atoms with van der Waals surface area (Å²) in [6, 6.07) is 8.23. The highest BCUT2D eigenvalue weighted by Gasteiger charge is 2.20. The second-order valence-electron chi connectivity index (χ2n) is 3.97. The number of benzene rings is 1. The van der Waals surface area contributed by atoms with Gasteiger partial charge >= 0.3 is 0 Å². The maximum absolute atomic E-state index is 6.25. The largest absolute Gasteiger partial charge is 0.308 e. The molecule has 96 valence electrons. The first kappa shape index (κ1) is 13.6. The Morgan fingerprint density at radius 2 is 2.28 bits per heavy atom. The summed E-state index contributed by atoms with van der Waals surface area (Å²) in [5.74, 6) is 0. The third kappa shape index (κ3) is 2.60. The third-order valence-corrected chi connectivity index (χ3v) is 3.66. The van der Waals surface area contributed by atoms with Crippen LogP contribution >= 0.6 is 27.5 Å². The van der Waals surface area contributed by atoms with Crippen LogP contribution < -0.4 is 5.32 Å². The second kappa shape index (κ2) is 5.87. The molecule has 0 spiro atoms. The van der Waals surface area contributed by atoms with Gasteiger partial charge < -0.3 is 5.32 Å². The summed E-state index contributed by atoms with van der Waals surface area (Å²) in [5.41, 5.74) is 2.16. The average Bonchev–Trinajstić information content (AvgIpc) is 2.72. The first-order chi connectivity index (χ1) is 8.67. The van der Waals surface area contributed by atoms with E-state index in [1.807, 2.05) is 23.9 Å². The average molecular weight is 329 g/mol. The number of nitrogens with zero attached hydrogens (tertiary/aromatic N) is 2. The van der Waals surface area contributed by atoms with E-state index in [1.165, 1.54) is 0 Å². The van der Waals surface area contributed by atoms with Crippen molar-refractivity contribution in [1.29, 1.82) is 0 Å². The van der Waals surface area contributed by atoms with Crippen molar-refractivity contribution >= 4 is 27.5 Å². The molecule has 1 unspecified atom stereocenters. The number of hydrogen-bond donors (Lipinski definition) is 1. The van der Waals surface area contributed by atoms with Gasteiger partial charge in [-0.05, 0) is 31.7 Å². The zero-order valence-corrected chi connectivity index (χ0v) is 12.7. The van der Waals surface area contributed by atoms with Crippen LogP contribution in [0.1, 0.15) is 24.2 Å². The standard InChI is InChI=1S/C13H15BrClN3/c1-3-18-13(11(15)8-17-18)12(16-2)9-5-4-6-10(14)7-9/h4-8,12,16H,3H2,1-2H3. The maximum Gasteiger partial charge on any atom is 0.0837 e. The van der Waals surface area contributed by atoms with Gasteiger partial charge in [-0.1, -0.05) is 39.7 Å². The van der Waals surface area contributed by atoms with Gasteiger partial charge in [0, 0.05) is 11.0 Å². The molecule has 5 heteroatoms. The summed E-state index contributed by atoms with van der Waals surface area (Å²) in [7, 11) is 1.93. The summed E-state index contributed by atoms with van der Waals surface area (Å²) in [5, 5.41) is 8.27. The second-order valence-corrected chi connectivity index (χ2v) is 5.29. The van der Waals surface area contributed by atoms with Crippen LogP contribution in [0, 0.1) is 0 Å². The van der Waals surface area contributed by atoms with Crippen LogP contribution in [0.3, 0.4) is 0 Å². The topological polar surface area (TPSA) is 29.9 Å². The van der Waals surface area contributed by atoms with Gasteiger partial charge in [0.1, 0.15) is 0 Å². The van der Waals surface area contributed by atoms with E-state index >= 15 is 0 Å². The van der Waals surface area contributed by atoms with Gasteiger partial charge in [-0.25, -0.2) is 0 Å². The Morgan fingerprint density at radius 1 is 1.50 bits per heavy atom. The number of rotatable bonds is 4. The first-order valence-electron chi connectivity index (χ1n) is 5.81. The minimum Gasteiger partial charge on any atom is -0.308 e. The van der Waals surface area contributed by atoms with Gasteiger partial charge in [0.25, 0.3) is 0 Å². The van der Waals surface area contributed by atoms with Crippen molar-refractivity contribution in [2.75, 3.05) is 7.05 Å².